The molecule has 4 rings (SSSR count). The second kappa shape index (κ2) is 9.99. The summed E-state index contributed by atoms with van der Waals surface area (Å²) in [4.78, 5) is 8.00. The van der Waals surface area contributed by atoms with Crippen molar-refractivity contribution < 1.29 is 26.7 Å². The van der Waals surface area contributed by atoms with E-state index in [2.05, 4.69) is 20.4 Å². The highest BCUT2D eigenvalue weighted by Gasteiger charge is 2.39. The van der Waals surface area contributed by atoms with E-state index in [0.29, 0.717) is 32.2 Å². The number of aliphatic hydroxyl groups excluding tert-OH is 1. The third kappa shape index (κ3) is 5.60. The Labute approximate surface area is 202 Å². The molecule has 2 unspecified atom stereocenters. The molecule has 0 bridgehead atoms. The highest BCUT2D eigenvalue weighted by Crippen LogP contribution is 2.36. The molecule has 0 spiro atoms. The first kappa shape index (κ1) is 25.8. The number of rotatable bonds is 6. The highest BCUT2D eigenvalue weighted by atomic mass is 32.2. The van der Waals surface area contributed by atoms with Crippen LogP contribution in [0.15, 0.2) is 18.6 Å². The van der Waals surface area contributed by atoms with E-state index in [9.17, 15) is 26.7 Å². The third-order valence-electron chi connectivity index (χ3n) is 6.66. The Morgan fingerprint density at radius 2 is 1.89 bits per heavy atom. The molecular weight excluding hydrogens is 487 g/mol. The molecule has 35 heavy (non-hydrogen) atoms. The van der Waals surface area contributed by atoms with E-state index in [-0.39, 0.29) is 54.9 Å². The molecule has 0 saturated carbocycles. The van der Waals surface area contributed by atoms with E-state index >= 15 is 0 Å². The molecule has 2 saturated heterocycles. The molecule has 4 heterocycles. The van der Waals surface area contributed by atoms with Crippen molar-refractivity contribution in [3.8, 4) is 11.3 Å². The maximum atomic E-state index is 13.5. The van der Waals surface area contributed by atoms with E-state index in [1.54, 1.807) is 7.05 Å². The van der Waals surface area contributed by atoms with Crippen LogP contribution in [0.3, 0.4) is 0 Å². The van der Waals surface area contributed by atoms with Crippen LogP contribution in [-0.4, -0.2) is 80.2 Å². The van der Waals surface area contributed by atoms with Gasteiger partial charge in [-0.3, -0.25) is 4.68 Å². The molecule has 194 valence electrons. The average Bonchev–Trinajstić information content (AvgIpc) is 3.24. The Morgan fingerprint density at radius 1 is 1.17 bits per heavy atom. The number of halogens is 3. The fraction of sp³-hybridized carbons (Fsp3) is 0.667. The van der Waals surface area contributed by atoms with Gasteiger partial charge in [-0.25, -0.2) is 9.97 Å². The zero-order valence-corrected chi connectivity index (χ0v) is 20.4. The summed E-state index contributed by atoms with van der Waals surface area (Å²) in [5.74, 6) is 0.171. The van der Waals surface area contributed by atoms with Crippen molar-refractivity contribution in [2.24, 2.45) is 13.0 Å². The SMILES string of the molecule is CC1CC(CO)CCN1S(=O)(=O)N1CCC(Nc2ncc(C(F)(F)F)c(-c3cnn(C)c3)n2)CC1. The first-order valence-corrected chi connectivity index (χ1v) is 13.0. The highest BCUT2D eigenvalue weighted by molar-refractivity contribution is 7.86. The summed E-state index contributed by atoms with van der Waals surface area (Å²) in [6, 6.07) is -0.370. The first-order valence-electron chi connectivity index (χ1n) is 11.6. The van der Waals surface area contributed by atoms with Crippen LogP contribution in [0.25, 0.3) is 11.3 Å². The minimum Gasteiger partial charge on any atom is -0.396 e. The molecule has 14 heteroatoms. The summed E-state index contributed by atoms with van der Waals surface area (Å²) >= 11 is 0. The molecule has 2 atom stereocenters. The second-order valence-electron chi connectivity index (χ2n) is 9.21. The number of alkyl halides is 3. The molecular formula is C21H30F3N7O3S. The van der Waals surface area contributed by atoms with Gasteiger partial charge in [0.1, 0.15) is 5.56 Å². The van der Waals surface area contributed by atoms with Crippen LogP contribution in [0.1, 0.15) is 38.2 Å². The predicted octanol–water partition coefficient (Wildman–Crippen LogP) is 2.11. The van der Waals surface area contributed by atoms with Crippen LogP contribution in [0.5, 0.6) is 0 Å². The summed E-state index contributed by atoms with van der Waals surface area (Å²) in [6.07, 6.45) is 1.09. The lowest BCUT2D eigenvalue weighted by Gasteiger charge is -2.40. The van der Waals surface area contributed by atoms with Crippen molar-refractivity contribution in [3.05, 3.63) is 24.2 Å². The Balaban J connectivity index is 1.43. The van der Waals surface area contributed by atoms with Gasteiger partial charge in [0.2, 0.25) is 5.95 Å². The summed E-state index contributed by atoms with van der Waals surface area (Å²) in [6.45, 7) is 2.86. The molecule has 2 aliphatic rings. The zero-order valence-electron chi connectivity index (χ0n) is 19.6. The van der Waals surface area contributed by atoms with Gasteiger partial charge < -0.3 is 10.4 Å². The number of nitrogens with zero attached hydrogens (tertiary/aromatic N) is 6. The van der Waals surface area contributed by atoms with Gasteiger partial charge >= 0.3 is 6.18 Å². The lowest BCUT2D eigenvalue weighted by Crippen LogP contribution is -2.53. The van der Waals surface area contributed by atoms with Crippen LogP contribution in [0.2, 0.25) is 0 Å². The number of hydrogen-bond acceptors (Lipinski definition) is 7. The van der Waals surface area contributed by atoms with E-state index in [1.165, 1.54) is 25.7 Å². The summed E-state index contributed by atoms with van der Waals surface area (Å²) in [5.41, 5.74) is -0.982. The Bertz CT molecular complexity index is 1130. The molecule has 0 aromatic carbocycles. The van der Waals surface area contributed by atoms with E-state index in [0.717, 1.165) is 6.20 Å². The lowest BCUT2D eigenvalue weighted by molar-refractivity contribution is -0.137. The number of aliphatic hydroxyl groups is 1. The van der Waals surface area contributed by atoms with Crippen molar-refractivity contribution in [1.82, 2.24) is 28.4 Å². The summed E-state index contributed by atoms with van der Waals surface area (Å²) in [7, 11) is -2.03. The number of anilines is 1. The van der Waals surface area contributed by atoms with Gasteiger partial charge in [0, 0.05) is 63.3 Å². The van der Waals surface area contributed by atoms with Crippen molar-refractivity contribution in [3.63, 3.8) is 0 Å². The third-order valence-corrected chi connectivity index (χ3v) is 8.82. The molecule has 2 aromatic rings. The molecule has 2 N–H and O–H groups in total. The van der Waals surface area contributed by atoms with Crippen LogP contribution >= 0.6 is 0 Å². The number of hydrogen-bond donors (Lipinski definition) is 2. The molecule has 0 amide bonds. The van der Waals surface area contributed by atoms with Gasteiger partial charge in [-0.2, -0.15) is 35.3 Å². The van der Waals surface area contributed by atoms with Crippen LogP contribution in [0, 0.1) is 5.92 Å². The maximum absolute atomic E-state index is 13.5. The van der Waals surface area contributed by atoms with Gasteiger partial charge in [-0.15, -0.1) is 0 Å². The molecule has 0 radical (unpaired) electrons. The van der Waals surface area contributed by atoms with Gasteiger partial charge in [0.15, 0.2) is 0 Å². The molecule has 10 nitrogen and oxygen atoms in total. The van der Waals surface area contributed by atoms with Crippen molar-refractivity contribution in [2.75, 3.05) is 31.6 Å². The Kier molecular flexibility index (Phi) is 7.36. The fourth-order valence-electron chi connectivity index (χ4n) is 4.74. The molecule has 2 fully saturated rings. The minimum atomic E-state index is -4.62. The number of nitrogens with one attached hydrogen (secondary N) is 1. The fourth-order valence-corrected chi connectivity index (χ4v) is 6.59. The number of aryl methyl sites for hydroxylation is 1. The van der Waals surface area contributed by atoms with Crippen molar-refractivity contribution in [1.29, 1.82) is 0 Å². The van der Waals surface area contributed by atoms with Crippen molar-refractivity contribution in [2.45, 2.75) is 50.9 Å². The van der Waals surface area contributed by atoms with Gasteiger partial charge in [-0.05, 0) is 38.5 Å². The summed E-state index contributed by atoms with van der Waals surface area (Å²) < 4.78 is 71.2. The smallest absolute Gasteiger partial charge is 0.396 e. The average molecular weight is 518 g/mol. The standard InChI is InChI=1S/C21H30F3N7O3S/c1-14-9-15(13-32)3-8-31(14)35(33,34)30-6-4-17(5-7-30)27-20-25-11-18(21(22,23)24)19(28-20)16-10-26-29(2)12-16/h10-12,14-15,17,32H,3-9,13H2,1-2H3,(H,25,27,28). The van der Waals surface area contributed by atoms with Crippen LogP contribution < -0.4 is 5.32 Å². The predicted molar refractivity (Wildman–Crippen MR) is 122 cm³/mol. The molecule has 2 aromatic heterocycles. The first-order chi connectivity index (χ1) is 16.5. The monoisotopic (exact) mass is 517 g/mol. The van der Waals surface area contributed by atoms with E-state index < -0.39 is 21.9 Å². The van der Waals surface area contributed by atoms with Crippen LogP contribution in [0.4, 0.5) is 19.1 Å². The normalized spacial score (nSPS) is 23.5. The number of aromatic nitrogens is 4. The maximum Gasteiger partial charge on any atom is 0.419 e. The lowest BCUT2D eigenvalue weighted by atomic mass is 9.94. The molecule has 2 aliphatic heterocycles. The zero-order chi connectivity index (χ0) is 25.4. The largest absolute Gasteiger partial charge is 0.419 e. The van der Waals surface area contributed by atoms with Crippen molar-refractivity contribution >= 4 is 16.2 Å². The quantitative estimate of drug-likeness (QED) is 0.603. The second-order valence-corrected chi connectivity index (χ2v) is 11.1. The van der Waals surface area contributed by atoms with E-state index in [1.807, 2.05) is 6.92 Å². The Morgan fingerprint density at radius 3 is 2.46 bits per heavy atom. The topological polar surface area (TPSA) is 116 Å². The molecule has 0 aliphatic carbocycles. The van der Waals surface area contributed by atoms with E-state index in [4.69, 9.17) is 0 Å². The number of piperidine rings is 2. The van der Waals surface area contributed by atoms with Gasteiger partial charge in [0.05, 0.1) is 11.9 Å². The van der Waals surface area contributed by atoms with Crippen LogP contribution in [-0.2, 0) is 23.4 Å². The minimum absolute atomic E-state index is 0.0536. The van der Waals surface area contributed by atoms with Gasteiger partial charge in [-0.1, -0.05) is 0 Å². The summed E-state index contributed by atoms with van der Waals surface area (Å²) in [5, 5.41) is 16.4. The van der Waals surface area contributed by atoms with Gasteiger partial charge in [0.25, 0.3) is 10.2 Å². The Hall–Kier alpha value is -2.29.